The van der Waals surface area contributed by atoms with Gasteiger partial charge in [-0.3, -0.25) is 0 Å². The van der Waals surface area contributed by atoms with Crippen LogP contribution in [0.3, 0.4) is 0 Å². The van der Waals surface area contributed by atoms with E-state index in [-0.39, 0.29) is 12.4 Å². The highest BCUT2D eigenvalue weighted by Crippen LogP contribution is 1.89. The van der Waals surface area contributed by atoms with E-state index in [2.05, 4.69) is 5.14 Å². The molecule has 0 amide bonds. The van der Waals surface area contributed by atoms with Crippen LogP contribution >= 0.6 is 0 Å². The quantitative estimate of drug-likeness (QED) is 0.550. The van der Waals surface area contributed by atoms with Crippen LogP contribution in [0, 0.1) is 0 Å². The minimum Gasteiger partial charge on any atom is -0.237 e. The zero-order valence-electron chi connectivity index (χ0n) is 5.04. The maximum atomic E-state index is 10.2. The van der Waals surface area contributed by atoms with E-state index < -0.39 is 10.0 Å². The monoisotopic (exact) mass is 152 g/mol. The zero-order chi connectivity index (χ0) is 7.33. The summed E-state index contributed by atoms with van der Waals surface area (Å²) >= 11 is 0. The van der Waals surface area contributed by atoms with Gasteiger partial charge in [-0.25, -0.2) is 18.7 Å². The third-order valence-corrected chi connectivity index (χ3v) is 1.68. The smallest absolute Gasteiger partial charge is 0.209 e. The second-order valence-electron chi connectivity index (χ2n) is 1.78. The Morgan fingerprint density at radius 3 is 2.11 bits per heavy atom. The Labute approximate surface area is 54.7 Å². The summed E-state index contributed by atoms with van der Waals surface area (Å²) in [7, 11) is -3.34. The Kier molecular flexibility index (Phi) is 3.76. The largest absolute Gasteiger partial charge is 0.237 e. The van der Waals surface area contributed by atoms with E-state index in [1.165, 1.54) is 0 Å². The first-order valence-corrected chi connectivity index (χ1v) is 4.36. The third kappa shape index (κ3) is 7.87. The van der Waals surface area contributed by atoms with Gasteiger partial charge in [-0.2, -0.15) is 0 Å². The van der Waals surface area contributed by atoms with E-state index in [9.17, 15) is 13.5 Å². The molecule has 0 spiro atoms. The number of hydrogen-bond donors (Lipinski definition) is 1. The molecule has 0 atom stereocenters. The number of sulfonamides is 1. The molecule has 0 rings (SSSR count). The molecule has 0 heterocycles. The van der Waals surface area contributed by atoms with Crippen LogP contribution in [0.1, 0.15) is 12.8 Å². The standard InChI is InChI=1S/C4H10NO3S/c5-9(7,8)4-2-1-3-6/h1-4H2,(H2,5,7,8). The average Bonchev–Trinajstić information content (AvgIpc) is 1.63. The molecule has 0 saturated heterocycles. The average molecular weight is 152 g/mol. The zero-order valence-corrected chi connectivity index (χ0v) is 5.86. The van der Waals surface area contributed by atoms with E-state index in [0.29, 0.717) is 12.8 Å². The lowest BCUT2D eigenvalue weighted by molar-refractivity contribution is 0.188. The highest BCUT2D eigenvalue weighted by atomic mass is 32.2. The highest BCUT2D eigenvalue weighted by Gasteiger charge is 1.99. The fraction of sp³-hybridized carbons (Fsp3) is 1.00. The SMILES string of the molecule is NS(=O)(=O)CCCC[O]. The molecule has 0 aliphatic carbocycles. The van der Waals surface area contributed by atoms with Gasteiger partial charge in [-0.15, -0.1) is 0 Å². The van der Waals surface area contributed by atoms with Crippen molar-refractivity contribution in [2.24, 2.45) is 5.14 Å². The molecule has 0 unspecified atom stereocenters. The van der Waals surface area contributed by atoms with E-state index in [4.69, 9.17) is 0 Å². The predicted octanol–water partition coefficient (Wildman–Crippen LogP) is -0.514. The maximum absolute atomic E-state index is 10.2. The van der Waals surface area contributed by atoms with Crippen molar-refractivity contribution in [3.63, 3.8) is 0 Å². The van der Waals surface area contributed by atoms with Gasteiger partial charge in [0.15, 0.2) is 0 Å². The fourth-order valence-corrected chi connectivity index (χ4v) is 1.01. The second kappa shape index (κ2) is 3.81. The van der Waals surface area contributed by atoms with Gasteiger partial charge >= 0.3 is 0 Å². The molecule has 5 heteroatoms. The Morgan fingerprint density at radius 1 is 1.22 bits per heavy atom. The summed E-state index contributed by atoms with van der Waals surface area (Å²) in [5.74, 6) is -0.0742. The second-order valence-corrected chi connectivity index (χ2v) is 3.51. The number of unbranched alkanes of at least 4 members (excludes halogenated alkanes) is 1. The van der Waals surface area contributed by atoms with Crippen LogP contribution in [0.25, 0.3) is 0 Å². The molecular weight excluding hydrogens is 142 g/mol. The Morgan fingerprint density at radius 2 is 1.78 bits per heavy atom. The molecule has 0 aromatic heterocycles. The summed E-state index contributed by atoms with van der Waals surface area (Å²) in [5, 5.41) is 14.4. The molecule has 0 aliphatic rings. The first-order valence-electron chi connectivity index (χ1n) is 2.65. The first kappa shape index (κ1) is 8.87. The minimum atomic E-state index is -3.34. The molecule has 0 fully saturated rings. The van der Waals surface area contributed by atoms with Gasteiger partial charge in [0.1, 0.15) is 0 Å². The van der Waals surface area contributed by atoms with Crippen molar-refractivity contribution in [2.75, 3.05) is 12.4 Å². The van der Waals surface area contributed by atoms with Crippen LogP contribution < -0.4 is 5.14 Å². The summed E-state index contributed by atoms with van der Waals surface area (Å²) in [6, 6.07) is 0. The van der Waals surface area contributed by atoms with Crippen LogP contribution in [0.4, 0.5) is 0 Å². The van der Waals surface area contributed by atoms with Crippen LogP contribution in [0.2, 0.25) is 0 Å². The van der Waals surface area contributed by atoms with Crippen molar-refractivity contribution in [1.82, 2.24) is 0 Å². The molecule has 0 aromatic carbocycles. The summed E-state index contributed by atoms with van der Waals surface area (Å²) in [4.78, 5) is 0. The number of primary sulfonamides is 1. The van der Waals surface area contributed by atoms with E-state index in [0.717, 1.165) is 0 Å². The predicted molar refractivity (Wildman–Crippen MR) is 32.8 cm³/mol. The molecular formula is C4H10NO3S. The summed E-state index contributed by atoms with van der Waals surface area (Å²) < 4.78 is 20.4. The van der Waals surface area contributed by atoms with Crippen LogP contribution in [0.15, 0.2) is 0 Å². The highest BCUT2D eigenvalue weighted by molar-refractivity contribution is 7.89. The molecule has 2 N–H and O–H groups in total. The molecule has 0 bridgehead atoms. The van der Waals surface area contributed by atoms with Gasteiger partial charge in [-0.05, 0) is 12.8 Å². The van der Waals surface area contributed by atoms with Gasteiger partial charge in [0, 0.05) is 0 Å². The number of nitrogens with two attached hydrogens (primary N) is 1. The molecule has 0 saturated carbocycles. The van der Waals surface area contributed by atoms with Crippen molar-refractivity contribution in [3.8, 4) is 0 Å². The summed E-state index contributed by atoms with van der Waals surface area (Å²) in [6.45, 7) is -0.227. The first-order chi connectivity index (χ1) is 4.06. The molecule has 0 aromatic rings. The summed E-state index contributed by atoms with van der Waals surface area (Å²) in [5.41, 5.74) is 0. The van der Waals surface area contributed by atoms with Crippen molar-refractivity contribution < 1.29 is 13.5 Å². The Bertz CT molecular complexity index is 151. The lowest BCUT2D eigenvalue weighted by Gasteiger charge is -1.92. The number of hydrogen-bond acceptors (Lipinski definition) is 2. The minimum absolute atomic E-state index is 0.0742. The Hall–Kier alpha value is -0.130. The lowest BCUT2D eigenvalue weighted by Crippen LogP contribution is -2.16. The molecule has 4 nitrogen and oxygen atoms in total. The fourth-order valence-electron chi connectivity index (χ4n) is 0.405. The summed E-state index contributed by atoms with van der Waals surface area (Å²) in [6.07, 6.45) is 0.763. The van der Waals surface area contributed by atoms with Gasteiger partial charge in [0.2, 0.25) is 10.0 Å². The van der Waals surface area contributed by atoms with Crippen molar-refractivity contribution in [3.05, 3.63) is 0 Å². The topological polar surface area (TPSA) is 80.1 Å². The van der Waals surface area contributed by atoms with Gasteiger partial charge in [-0.1, -0.05) is 0 Å². The Balaban J connectivity index is 3.30. The number of rotatable bonds is 4. The maximum Gasteiger partial charge on any atom is 0.209 e. The van der Waals surface area contributed by atoms with E-state index in [1.54, 1.807) is 0 Å². The third-order valence-electron chi connectivity index (χ3n) is 0.823. The molecule has 0 aliphatic heterocycles. The van der Waals surface area contributed by atoms with Gasteiger partial charge in [0.05, 0.1) is 12.4 Å². The normalized spacial score (nSPS) is 11.8. The molecule has 9 heavy (non-hydrogen) atoms. The van der Waals surface area contributed by atoms with E-state index in [1.807, 2.05) is 0 Å². The molecule has 1 radical (unpaired) electrons. The van der Waals surface area contributed by atoms with Crippen LogP contribution in [0.5, 0.6) is 0 Å². The molecule has 55 valence electrons. The van der Waals surface area contributed by atoms with Crippen molar-refractivity contribution in [1.29, 1.82) is 0 Å². The van der Waals surface area contributed by atoms with Crippen LogP contribution in [-0.4, -0.2) is 20.8 Å². The van der Waals surface area contributed by atoms with Gasteiger partial charge < -0.3 is 0 Å². The van der Waals surface area contributed by atoms with Gasteiger partial charge in [0.25, 0.3) is 0 Å². The van der Waals surface area contributed by atoms with Crippen LogP contribution in [-0.2, 0) is 15.1 Å². The van der Waals surface area contributed by atoms with Crippen molar-refractivity contribution in [2.45, 2.75) is 12.8 Å². The van der Waals surface area contributed by atoms with Crippen molar-refractivity contribution >= 4 is 10.0 Å². The lowest BCUT2D eigenvalue weighted by atomic mass is 10.4. The van der Waals surface area contributed by atoms with E-state index >= 15 is 0 Å².